The van der Waals surface area contributed by atoms with E-state index in [0.29, 0.717) is 12.1 Å². The van der Waals surface area contributed by atoms with Crippen LogP contribution in [0.1, 0.15) is 44.4 Å². The summed E-state index contributed by atoms with van der Waals surface area (Å²) in [7, 11) is 2.20. The van der Waals surface area contributed by atoms with Crippen LogP contribution < -0.4 is 5.32 Å². The topological polar surface area (TPSA) is 15.3 Å². The van der Waals surface area contributed by atoms with Crippen molar-refractivity contribution in [2.24, 2.45) is 0 Å². The van der Waals surface area contributed by atoms with E-state index >= 15 is 0 Å². The Balaban J connectivity index is 2.62. The van der Waals surface area contributed by atoms with Gasteiger partial charge in [-0.1, -0.05) is 36.8 Å². The summed E-state index contributed by atoms with van der Waals surface area (Å²) in [6, 6.07) is 9.98. The molecule has 2 nitrogen and oxygen atoms in total. The molecule has 0 saturated heterocycles. The zero-order valence-corrected chi connectivity index (χ0v) is 12.5. The van der Waals surface area contributed by atoms with Gasteiger partial charge >= 0.3 is 0 Å². The molecule has 0 amide bonds. The molecule has 0 aliphatic rings. The molecule has 0 fully saturated rings. The molecule has 0 aromatic heterocycles. The van der Waals surface area contributed by atoms with E-state index in [9.17, 15) is 0 Å². The molecule has 1 aromatic rings. The van der Waals surface area contributed by atoms with E-state index in [-0.39, 0.29) is 0 Å². The summed E-state index contributed by atoms with van der Waals surface area (Å²) in [4.78, 5) is 2.40. The predicted molar refractivity (Wildman–Crippen MR) is 80.0 cm³/mol. The van der Waals surface area contributed by atoms with Crippen LogP contribution in [0.4, 0.5) is 0 Å². The van der Waals surface area contributed by atoms with Crippen molar-refractivity contribution in [3.05, 3.63) is 35.4 Å². The highest BCUT2D eigenvalue weighted by atomic mass is 15.1. The van der Waals surface area contributed by atoms with E-state index in [1.54, 1.807) is 0 Å². The lowest BCUT2D eigenvalue weighted by atomic mass is 10.0. The molecule has 1 atom stereocenters. The van der Waals surface area contributed by atoms with Crippen LogP contribution in [-0.4, -0.2) is 31.1 Å². The SMILES string of the molecule is CCNC(CCN(C)C(C)C)c1ccc(C)cc1. The van der Waals surface area contributed by atoms with Crippen molar-refractivity contribution in [2.75, 3.05) is 20.1 Å². The molecule has 1 rings (SSSR count). The van der Waals surface area contributed by atoms with Gasteiger partial charge in [0, 0.05) is 12.1 Å². The maximum absolute atomic E-state index is 3.59. The third kappa shape index (κ3) is 4.79. The van der Waals surface area contributed by atoms with Crippen molar-refractivity contribution in [2.45, 2.75) is 46.2 Å². The molecule has 0 bridgehead atoms. The van der Waals surface area contributed by atoms with Gasteiger partial charge in [-0.25, -0.2) is 0 Å². The molecule has 0 radical (unpaired) electrons. The van der Waals surface area contributed by atoms with Gasteiger partial charge < -0.3 is 10.2 Å². The highest BCUT2D eigenvalue weighted by molar-refractivity contribution is 5.24. The van der Waals surface area contributed by atoms with Crippen molar-refractivity contribution >= 4 is 0 Å². The average Bonchev–Trinajstić information content (AvgIpc) is 2.35. The molecule has 1 unspecified atom stereocenters. The number of hydrogen-bond acceptors (Lipinski definition) is 2. The zero-order valence-electron chi connectivity index (χ0n) is 12.5. The van der Waals surface area contributed by atoms with Gasteiger partial charge in [0.25, 0.3) is 0 Å². The summed E-state index contributed by atoms with van der Waals surface area (Å²) in [5, 5.41) is 3.59. The first-order valence-electron chi connectivity index (χ1n) is 7.04. The number of rotatable bonds is 7. The van der Waals surface area contributed by atoms with Crippen LogP contribution in [-0.2, 0) is 0 Å². The monoisotopic (exact) mass is 248 g/mol. The Hall–Kier alpha value is -0.860. The molecule has 1 N–H and O–H groups in total. The van der Waals surface area contributed by atoms with Crippen LogP contribution in [0.3, 0.4) is 0 Å². The average molecular weight is 248 g/mol. The first kappa shape index (κ1) is 15.2. The van der Waals surface area contributed by atoms with Gasteiger partial charge in [0.05, 0.1) is 0 Å². The Kier molecular flexibility index (Phi) is 6.37. The highest BCUT2D eigenvalue weighted by Gasteiger charge is 2.12. The van der Waals surface area contributed by atoms with Crippen LogP contribution in [0, 0.1) is 6.92 Å². The lowest BCUT2D eigenvalue weighted by Crippen LogP contribution is -2.31. The largest absolute Gasteiger partial charge is 0.310 e. The standard InChI is InChI=1S/C16H28N2/c1-6-17-16(11-12-18(5)13(2)3)15-9-7-14(4)8-10-15/h7-10,13,16-17H,6,11-12H2,1-5H3. The van der Waals surface area contributed by atoms with E-state index in [1.165, 1.54) is 11.1 Å². The summed E-state index contributed by atoms with van der Waals surface area (Å²) in [6.45, 7) is 10.9. The van der Waals surface area contributed by atoms with Gasteiger partial charge in [-0.3, -0.25) is 0 Å². The van der Waals surface area contributed by atoms with E-state index < -0.39 is 0 Å². The summed E-state index contributed by atoms with van der Waals surface area (Å²) >= 11 is 0. The zero-order chi connectivity index (χ0) is 13.5. The maximum atomic E-state index is 3.59. The van der Waals surface area contributed by atoms with E-state index in [0.717, 1.165) is 19.5 Å². The molecule has 102 valence electrons. The van der Waals surface area contributed by atoms with Gasteiger partial charge in [-0.2, -0.15) is 0 Å². The fraction of sp³-hybridized carbons (Fsp3) is 0.625. The second-order valence-corrected chi connectivity index (χ2v) is 5.38. The second-order valence-electron chi connectivity index (χ2n) is 5.38. The quantitative estimate of drug-likeness (QED) is 0.796. The molecule has 1 aromatic carbocycles. The Morgan fingerprint density at radius 3 is 2.28 bits per heavy atom. The first-order valence-corrected chi connectivity index (χ1v) is 7.04. The molecule has 0 heterocycles. The number of aryl methyl sites for hydroxylation is 1. The van der Waals surface area contributed by atoms with Crippen LogP contribution in [0.15, 0.2) is 24.3 Å². The van der Waals surface area contributed by atoms with E-state index in [4.69, 9.17) is 0 Å². The third-order valence-electron chi connectivity index (χ3n) is 3.58. The van der Waals surface area contributed by atoms with Crippen LogP contribution in [0.5, 0.6) is 0 Å². The highest BCUT2D eigenvalue weighted by Crippen LogP contribution is 2.18. The molecule has 0 aliphatic carbocycles. The Labute approximate surface area is 112 Å². The summed E-state index contributed by atoms with van der Waals surface area (Å²) < 4.78 is 0. The minimum Gasteiger partial charge on any atom is -0.310 e. The third-order valence-corrected chi connectivity index (χ3v) is 3.58. The smallest absolute Gasteiger partial charge is 0.0332 e. The summed E-state index contributed by atoms with van der Waals surface area (Å²) in [5.74, 6) is 0. The number of nitrogens with one attached hydrogen (secondary N) is 1. The Bertz CT molecular complexity index is 329. The molecule has 2 heteroatoms. The fourth-order valence-electron chi connectivity index (χ4n) is 2.02. The second kappa shape index (κ2) is 7.55. The molecule has 18 heavy (non-hydrogen) atoms. The minimum absolute atomic E-state index is 0.469. The van der Waals surface area contributed by atoms with Crippen molar-refractivity contribution in [3.8, 4) is 0 Å². The van der Waals surface area contributed by atoms with Crippen LogP contribution in [0.2, 0.25) is 0 Å². The van der Waals surface area contributed by atoms with E-state index in [1.807, 2.05) is 0 Å². The predicted octanol–water partition coefficient (Wildman–Crippen LogP) is 3.38. The normalized spacial score (nSPS) is 13.3. The Morgan fingerprint density at radius 1 is 1.17 bits per heavy atom. The number of benzene rings is 1. The molecule has 0 aliphatic heterocycles. The van der Waals surface area contributed by atoms with Crippen molar-refractivity contribution in [1.82, 2.24) is 10.2 Å². The Morgan fingerprint density at radius 2 is 1.78 bits per heavy atom. The molecular weight excluding hydrogens is 220 g/mol. The van der Waals surface area contributed by atoms with Gasteiger partial charge in [0.2, 0.25) is 0 Å². The van der Waals surface area contributed by atoms with Crippen molar-refractivity contribution in [1.29, 1.82) is 0 Å². The van der Waals surface area contributed by atoms with Gasteiger partial charge in [-0.15, -0.1) is 0 Å². The molecular formula is C16H28N2. The fourth-order valence-corrected chi connectivity index (χ4v) is 2.02. The van der Waals surface area contributed by atoms with E-state index in [2.05, 4.69) is 69.2 Å². The van der Waals surface area contributed by atoms with Crippen LogP contribution >= 0.6 is 0 Å². The van der Waals surface area contributed by atoms with Gasteiger partial charge in [0.1, 0.15) is 0 Å². The summed E-state index contributed by atoms with van der Waals surface area (Å²) in [6.07, 6.45) is 1.16. The minimum atomic E-state index is 0.469. The molecule has 0 spiro atoms. The van der Waals surface area contributed by atoms with Gasteiger partial charge in [-0.05, 0) is 52.9 Å². The maximum Gasteiger partial charge on any atom is 0.0332 e. The first-order chi connectivity index (χ1) is 8.54. The van der Waals surface area contributed by atoms with Gasteiger partial charge in [0.15, 0.2) is 0 Å². The van der Waals surface area contributed by atoms with Crippen molar-refractivity contribution in [3.63, 3.8) is 0 Å². The molecule has 0 saturated carbocycles. The lowest BCUT2D eigenvalue weighted by Gasteiger charge is -2.25. The van der Waals surface area contributed by atoms with Crippen LogP contribution in [0.25, 0.3) is 0 Å². The summed E-state index contributed by atoms with van der Waals surface area (Å²) in [5.41, 5.74) is 2.73. The lowest BCUT2D eigenvalue weighted by molar-refractivity contribution is 0.257. The van der Waals surface area contributed by atoms with Crippen molar-refractivity contribution < 1.29 is 0 Å². The number of hydrogen-bond donors (Lipinski definition) is 1. The number of nitrogens with zero attached hydrogens (tertiary/aromatic N) is 1.